The molecular formula is C29H28ClF6N7O7. The van der Waals surface area contributed by atoms with Crippen molar-refractivity contribution in [1.29, 1.82) is 0 Å². The van der Waals surface area contributed by atoms with Gasteiger partial charge in [-0.05, 0) is 56.4 Å². The average molecular weight is 736 g/mol. The van der Waals surface area contributed by atoms with E-state index in [4.69, 9.17) is 41.9 Å². The molecule has 5 rings (SSSR count). The molecule has 0 saturated carbocycles. The number of carbonyl (C=O) groups is 4. The highest BCUT2D eigenvalue weighted by atomic mass is 35.5. The summed E-state index contributed by atoms with van der Waals surface area (Å²) in [7, 11) is 0. The number of carbonyl (C=O) groups excluding carboxylic acids is 2. The standard InChI is InChI=1S/C25H26ClN7O3.2C2HF3O2/c1-3-36-25(35)15-7-5-14(6-8-15)19-16(11-18(26)17-12-29-31-21(17)19)13(2)30-24(34)20-22(27)32-33-10-4-9-28-23(20)33;2*3-2(4,5)1(6)7/h4-5,9-13,15H,3,6-8H2,1-2H3,(H2,27,32)(H,29,31)(H,30,34);2*(H,6,7). The highest BCUT2D eigenvalue weighted by Gasteiger charge is 2.39. The number of rotatable bonds is 6. The fourth-order valence-corrected chi connectivity index (χ4v) is 5.04. The molecule has 0 aliphatic heterocycles. The number of aromatic amines is 1. The van der Waals surface area contributed by atoms with E-state index in [2.05, 4.69) is 31.7 Å². The Labute approximate surface area is 282 Å². The number of benzene rings is 1. The molecule has 0 fully saturated rings. The van der Waals surface area contributed by atoms with Crippen LogP contribution in [0.4, 0.5) is 32.2 Å². The number of nitrogens with two attached hydrogens (primary N) is 1. The van der Waals surface area contributed by atoms with Crippen LogP contribution in [0.1, 0.15) is 60.6 Å². The van der Waals surface area contributed by atoms with Crippen molar-refractivity contribution in [3.8, 4) is 0 Å². The molecular weight excluding hydrogens is 708 g/mol. The third-order valence-electron chi connectivity index (χ3n) is 7.02. The van der Waals surface area contributed by atoms with Crippen molar-refractivity contribution >= 4 is 63.4 Å². The Hall–Kier alpha value is -5.40. The minimum absolute atomic E-state index is 0.0978. The van der Waals surface area contributed by atoms with E-state index in [0.717, 1.165) is 27.6 Å². The summed E-state index contributed by atoms with van der Waals surface area (Å²) >= 11 is 6.60. The van der Waals surface area contributed by atoms with Crippen LogP contribution in [0.25, 0.3) is 22.1 Å². The summed E-state index contributed by atoms with van der Waals surface area (Å²) in [5.74, 6) is -6.14. The maximum Gasteiger partial charge on any atom is 0.490 e. The number of aliphatic carboxylic acids is 2. The van der Waals surface area contributed by atoms with E-state index in [1.165, 1.54) is 4.52 Å². The number of nitrogens with zero attached hydrogens (tertiary/aromatic N) is 4. The van der Waals surface area contributed by atoms with E-state index in [9.17, 15) is 35.9 Å². The molecule has 2 unspecified atom stereocenters. The minimum Gasteiger partial charge on any atom is -0.475 e. The Bertz CT molecular complexity index is 1900. The fraction of sp³-hybridized carbons (Fsp3) is 0.345. The summed E-state index contributed by atoms with van der Waals surface area (Å²) in [5.41, 5.74) is 10.2. The van der Waals surface area contributed by atoms with Crippen molar-refractivity contribution < 1.29 is 60.5 Å². The van der Waals surface area contributed by atoms with Crippen molar-refractivity contribution in [2.24, 2.45) is 5.92 Å². The van der Waals surface area contributed by atoms with Gasteiger partial charge in [0, 0.05) is 23.3 Å². The number of carboxylic acid groups (broad SMARTS) is 2. The summed E-state index contributed by atoms with van der Waals surface area (Å²) in [5, 5.41) is 30.0. The minimum atomic E-state index is -5.08. The molecule has 1 aromatic carbocycles. The number of fused-ring (bicyclic) bond motifs is 2. The first-order valence-corrected chi connectivity index (χ1v) is 14.7. The molecule has 1 amide bonds. The zero-order valence-corrected chi connectivity index (χ0v) is 26.7. The van der Waals surface area contributed by atoms with Crippen molar-refractivity contribution in [3.05, 3.63) is 58.5 Å². The number of alkyl halides is 6. The number of nitrogen functional groups attached to an aromatic ring is 1. The lowest BCUT2D eigenvalue weighted by Crippen LogP contribution is -2.28. The lowest BCUT2D eigenvalue weighted by atomic mass is 9.83. The van der Waals surface area contributed by atoms with E-state index in [1.54, 1.807) is 24.7 Å². The Morgan fingerprint density at radius 3 is 2.32 bits per heavy atom. The first-order chi connectivity index (χ1) is 23.3. The number of halogens is 7. The van der Waals surface area contributed by atoms with Crippen LogP contribution in [0.15, 0.2) is 36.8 Å². The molecule has 0 radical (unpaired) electrons. The Morgan fingerprint density at radius 2 is 1.78 bits per heavy atom. The smallest absolute Gasteiger partial charge is 0.475 e. The molecule has 270 valence electrons. The molecule has 2 atom stereocenters. The third kappa shape index (κ3) is 9.39. The van der Waals surface area contributed by atoms with Gasteiger partial charge < -0.3 is 26.0 Å². The number of ether oxygens (including phenoxy) is 1. The first kappa shape index (κ1) is 39.0. The number of hydrogen-bond donors (Lipinski definition) is 5. The topological polar surface area (TPSA) is 215 Å². The number of nitrogens with one attached hydrogen (secondary N) is 2. The normalized spacial score (nSPS) is 15.1. The number of amides is 1. The van der Waals surface area contributed by atoms with E-state index >= 15 is 0 Å². The number of carboxylic acids is 2. The highest BCUT2D eigenvalue weighted by Crippen LogP contribution is 2.40. The quantitative estimate of drug-likeness (QED) is 0.126. The van der Waals surface area contributed by atoms with E-state index in [0.29, 0.717) is 36.5 Å². The fourth-order valence-electron chi connectivity index (χ4n) is 4.78. The van der Waals surface area contributed by atoms with Gasteiger partial charge in [-0.3, -0.25) is 14.7 Å². The second-order valence-corrected chi connectivity index (χ2v) is 10.8. The van der Waals surface area contributed by atoms with Gasteiger partial charge in [-0.2, -0.15) is 31.4 Å². The Morgan fingerprint density at radius 1 is 1.16 bits per heavy atom. The molecule has 14 nitrogen and oxygen atoms in total. The zero-order valence-electron chi connectivity index (χ0n) is 25.9. The van der Waals surface area contributed by atoms with Gasteiger partial charge in [-0.15, -0.1) is 5.10 Å². The van der Waals surface area contributed by atoms with Gasteiger partial charge in [-0.25, -0.2) is 19.1 Å². The Kier molecular flexibility index (Phi) is 12.4. The highest BCUT2D eigenvalue weighted by molar-refractivity contribution is 6.35. The molecule has 50 heavy (non-hydrogen) atoms. The zero-order chi connectivity index (χ0) is 37.6. The molecule has 1 aliphatic carbocycles. The molecule has 3 aromatic heterocycles. The predicted molar refractivity (Wildman–Crippen MR) is 164 cm³/mol. The summed E-state index contributed by atoms with van der Waals surface area (Å²) in [6.45, 7) is 4.06. The molecule has 21 heteroatoms. The summed E-state index contributed by atoms with van der Waals surface area (Å²) in [4.78, 5) is 47.6. The molecule has 4 aromatic rings. The molecule has 0 saturated heterocycles. The molecule has 1 aliphatic rings. The van der Waals surface area contributed by atoms with Gasteiger partial charge in [0.25, 0.3) is 5.91 Å². The SMILES string of the molecule is CCOC(=O)C1CC=C(c2c(C(C)NC(=O)c3c(N)nn4cccnc34)cc(Cl)c3cn[nH]c23)CC1.O=C(O)C(F)(F)F.O=C(O)C(F)(F)F. The lowest BCUT2D eigenvalue weighted by molar-refractivity contribution is -0.193. The van der Waals surface area contributed by atoms with Gasteiger partial charge >= 0.3 is 30.3 Å². The number of hydrogen-bond acceptors (Lipinski definition) is 9. The average Bonchev–Trinajstić information content (AvgIpc) is 3.65. The van der Waals surface area contributed by atoms with Crippen LogP contribution < -0.4 is 11.1 Å². The molecule has 3 heterocycles. The lowest BCUT2D eigenvalue weighted by Gasteiger charge is -2.25. The second kappa shape index (κ2) is 15.9. The number of esters is 1. The summed E-state index contributed by atoms with van der Waals surface area (Å²) < 4.78 is 70.2. The van der Waals surface area contributed by atoms with Gasteiger partial charge in [0.2, 0.25) is 0 Å². The van der Waals surface area contributed by atoms with Gasteiger partial charge in [-0.1, -0.05) is 17.7 Å². The van der Waals surface area contributed by atoms with Crippen molar-refractivity contribution in [2.75, 3.05) is 12.3 Å². The molecule has 6 N–H and O–H groups in total. The number of anilines is 1. The number of aromatic nitrogens is 5. The number of H-pyrrole nitrogens is 1. The van der Waals surface area contributed by atoms with Gasteiger partial charge in [0.1, 0.15) is 5.56 Å². The van der Waals surface area contributed by atoms with Crippen LogP contribution in [0.5, 0.6) is 0 Å². The van der Waals surface area contributed by atoms with E-state index < -0.39 is 30.3 Å². The third-order valence-corrected chi connectivity index (χ3v) is 7.33. The monoisotopic (exact) mass is 735 g/mol. The predicted octanol–water partition coefficient (Wildman–Crippen LogP) is 5.35. The van der Waals surface area contributed by atoms with Crippen LogP contribution in [0, 0.1) is 5.92 Å². The van der Waals surface area contributed by atoms with Crippen LogP contribution in [0.2, 0.25) is 5.02 Å². The molecule has 0 spiro atoms. The van der Waals surface area contributed by atoms with Crippen molar-refractivity contribution in [2.45, 2.75) is 51.5 Å². The first-order valence-electron chi connectivity index (χ1n) is 14.3. The maximum absolute atomic E-state index is 13.3. The van der Waals surface area contributed by atoms with Crippen LogP contribution in [-0.2, 0) is 19.1 Å². The number of allylic oxidation sites excluding steroid dienone is 2. The molecule has 0 bridgehead atoms. The second-order valence-electron chi connectivity index (χ2n) is 10.4. The van der Waals surface area contributed by atoms with E-state index in [-0.39, 0.29) is 29.2 Å². The van der Waals surface area contributed by atoms with Crippen molar-refractivity contribution in [3.63, 3.8) is 0 Å². The van der Waals surface area contributed by atoms with Crippen LogP contribution >= 0.6 is 11.6 Å². The van der Waals surface area contributed by atoms with Gasteiger partial charge in [0.05, 0.1) is 35.3 Å². The largest absolute Gasteiger partial charge is 0.490 e. The van der Waals surface area contributed by atoms with E-state index in [1.807, 2.05) is 19.9 Å². The van der Waals surface area contributed by atoms with Crippen LogP contribution in [0.3, 0.4) is 0 Å². The maximum atomic E-state index is 13.3. The van der Waals surface area contributed by atoms with Crippen molar-refractivity contribution in [1.82, 2.24) is 30.1 Å². The summed E-state index contributed by atoms with van der Waals surface area (Å²) in [6.07, 6.45) is -1.21. The summed E-state index contributed by atoms with van der Waals surface area (Å²) in [6, 6.07) is 3.14. The van der Waals surface area contributed by atoms with Crippen LogP contribution in [-0.4, -0.2) is 77.8 Å². The Balaban J connectivity index is 0.000000408. The van der Waals surface area contributed by atoms with Gasteiger partial charge in [0.15, 0.2) is 11.5 Å².